The predicted octanol–water partition coefficient (Wildman–Crippen LogP) is 3.18. The highest BCUT2D eigenvalue weighted by molar-refractivity contribution is 9.10. The van der Waals surface area contributed by atoms with E-state index in [0.29, 0.717) is 11.5 Å². The van der Waals surface area contributed by atoms with E-state index in [9.17, 15) is 10.0 Å². The first-order valence-corrected chi connectivity index (χ1v) is 7.73. The Morgan fingerprint density at radius 2 is 1.77 bits per heavy atom. The van der Waals surface area contributed by atoms with Gasteiger partial charge in [-0.05, 0) is 23.3 Å². The van der Waals surface area contributed by atoms with Crippen LogP contribution in [0.2, 0.25) is 0 Å². The molecule has 0 aromatic heterocycles. The number of nitrogens with one attached hydrogen (secondary N) is 1. The molecular weight excluding hydrogens is 344 g/mol. The number of nitrogens with zero attached hydrogens (tertiary/aromatic N) is 1. The molecular formula is C17H15BrN2O2. The molecule has 0 aliphatic carbocycles. The lowest BCUT2D eigenvalue weighted by molar-refractivity contribution is -0.157. The van der Waals surface area contributed by atoms with Gasteiger partial charge >= 0.3 is 0 Å². The first kappa shape index (κ1) is 14.8. The van der Waals surface area contributed by atoms with Gasteiger partial charge in [-0.25, -0.2) is 0 Å². The van der Waals surface area contributed by atoms with Crippen molar-refractivity contribution in [2.24, 2.45) is 0 Å². The van der Waals surface area contributed by atoms with Gasteiger partial charge in [0.2, 0.25) is 0 Å². The van der Waals surface area contributed by atoms with Crippen LogP contribution in [-0.2, 0) is 11.2 Å². The normalized spacial score (nSPS) is 17.9. The summed E-state index contributed by atoms with van der Waals surface area (Å²) in [6.07, 6.45) is 1.93. The van der Waals surface area contributed by atoms with Gasteiger partial charge in [0.25, 0.3) is 5.91 Å². The van der Waals surface area contributed by atoms with Crippen LogP contribution >= 0.6 is 15.9 Å². The van der Waals surface area contributed by atoms with Crippen LogP contribution < -0.4 is 5.32 Å². The Bertz CT molecular complexity index is 698. The van der Waals surface area contributed by atoms with Gasteiger partial charge in [0.05, 0.1) is 11.9 Å². The van der Waals surface area contributed by atoms with Crippen LogP contribution in [0.4, 0.5) is 0 Å². The Kier molecular flexibility index (Phi) is 4.27. The van der Waals surface area contributed by atoms with Gasteiger partial charge in [0.15, 0.2) is 0 Å². The van der Waals surface area contributed by atoms with Crippen LogP contribution in [0.5, 0.6) is 0 Å². The van der Waals surface area contributed by atoms with E-state index in [4.69, 9.17) is 0 Å². The van der Waals surface area contributed by atoms with Gasteiger partial charge in [0.1, 0.15) is 6.04 Å². The Balaban J connectivity index is 1.83. The largest absolute Gasteiger partial charge is 0.372 e. The molecule has 0 saturated carbocycles. The zero-order valence-electron chi connectivity index (χ0n) is 11.7. The standard InChI is InChI=1S/C17H15BrN2O2/c18-14-8-6-13(7-9-14)16-11-20(22)17(21)15(19-16)10-12-4-2-1-3-5-12/h1-9,11,15,19,22H,10H2. The van der Waals surface area contributed by atoms with E-state index in [0.717, 1.165) is 21.3 Å². The third-order valence-electron chi connectivity index (χ3n) is 3.54. The third kappa shape index (κ3) is 3.21. The lowest BCUT2D eigenvalue weighted by Crippen LogP contribution is -2.48. The van der Waals surface area contributed by atoms with Gasteiger partial charge < -0.3 is 5.32 Å². The number of carbonyl (C=O) groups is 1. The summed E-state index contributed by atoms with van der Waals surface area (Å²) in [5.74, 6) is -0.357. The minimum Gasteiger partial charge on any atom is -0.372 e. The molecule has 1 aliphatic rings. The molecule has 1 atom stereocenters. The zero-order valence-corrected chi connectivity index (χ0v) is 13.3. The van der Waals surface area contributed by atoms with E-state index >= 15 is 0 Å². The van der Waals surface area contributed by atoms with Crippen molar-refractivity contribution < 1.29 is 10.0 Å². The Morgan fingerprint density at radius 1 is 1.09 bits per heavy atom. The molecule has 0 radical (unpaired) electrons. The topological polar surface area (TPSA) is 52.6 Å². The molecule has 0 saturated heterocycles. The van der Waals surface area contributed by atoms with Crippen molar-refractivity contribution in [3.8, 4) is 0 Å². The summed E-state index contributed by atoms with van der Waals surface area (Å²) in [6, 6.07) is 16.9. The molecule has 3 rings (SSSR count). The lowest BCUT2D eigenvalue weighted by atomic mass is 10.0. The fourth-order valence-corrected chi connectivity index (χ4v) is 2.67. The predicted molar refractivity (Wildman–Crippen MR) is 87.8 cm³/mol. The molecule has 0 spiro atoms. The van der Waals surface area contributed by atoms with E-state index in [-0.39, 0.29) is 5.91 Å². The van der Waals surface area contributed by atoms with Gasteiger partial charge in [0, 0.05) is 10.9 Å². The number of halogens is 1. The highest BCUT2D eigenvalue weighted by atomic mass is 79.9. The molecule has 1 amide bonds. The molecule has 4 nitrogen and oxygen atoms in total. The van der Waals surface area contributed by atoms with Crippen molar-refractivity contribution in [3.63, 3.8) is 0 Å². The molecule has 5 heteroatoms. The van der Waals surface area contributed by atoms with Crippen LogP contribution in [0, 0.1) is 0 Å². The molecule has 112 valence electrons. The lowest BCUT2D eigenvalue weighted by Gasteiger charge is -2.29. The molecule has 1 unspecified atom stereocenters. The fourth-order valence-electron chi connectivity index (χ4n) is 2.41. The molecule has 2 aromatic rings. The van der Waals surface area contributed by atoms with Crippen molar-refractivity contribution in [3.05, 3.63) is 76.4 Å². The van der Waals surface area contributed by atoms with E-state index in [2.05, 4.69) is 21.2 Å². The molecule has 2 aromatic carbocycles. The summed E-state index contributed by atoms with van der Waals surface area (Å²) in [5, 5.41) is 13.8. The van der Waals surface area contributed by atoms with Gasteiger partial charge in [-0.3, -0.25) is 10.0 Å². The zero-order chi connectivity index (χ0) is 15.5. The van der Waals surface area contributed by atoms with E-state index < -0.39 is 6.04 Å². The van der Waals surface area contributed by atoms with Crippen LogP contribution in [0.15, 0.2) is 65.3 Å². The third-order valence-corrected chi connectivity index (χ3v) is 4.07. The molecule has 0 fully saturated rings. The second-order valence-electron chi connectivity index (χ2n) is 5.12. The minimum absolute atomic E-state index is 0.357. The molecule has 0 bridgehead atoms. The van der Waals surface area contributed by atoms with Crippen LogP contribution in [0.3, 0.4) is 0 Å². The molecule has 22 heavy (non-hydrogen) atoms. The first-order valence-electron chi connectivity index (χ1n) is 6.93. The minimum atomic E-state index is -0.490. The number of hydrogen-bond acceptors (Lipinski definition) is 3. The van der Waals surface area contributed by atoms with Gasteiger partial charge in [-0.15, -0.1) is 0 Å². The summed E-state index contributed by atoms with van der Waals surface area (Å²) in [4.78, 5) is 12.1. The van der Waals surface area contributed by atoms with Crippen molar-refractivity contribution in [1.82, 2.24) is 10.4 Å². The highest BCUT2D eigenvalue weighted by Crippen LogP contribution is 2.21. The number of benzene rings is 2. The van der Waals surface area contributed by atoms with Crippen molar-refractivity contribution in [2.75, 3.05) is 0 Å². The van der Waals surface area contributed by atoms with E-state index in [1.165, 1.54) is 6.20 Å². The van der Waals surface area contributed by atoms with Crippen LogP contribution in [0.25, 0.3) is 5.70 Å². The van der Waals surface area contributed by atoms with Gasteiger partial charge in [-0.2, -0.15) is 5.06 Å². The molecule has 1 heterocycles. The molecule has 1 aliphatic heterocycles. The summed E-state index contributed by atoms with van der Waals surface area (Å²) >= 11 is 3.39. The SMILES string of the molecule is O=C1C(Cc2ccccc2)NC(c2ccc(Br)cc2)=CN1O. The highest BCUT2D eigenvalue weighted by Gasteiger charge is 2.28. The van der Waals surface area contributed by atoms with Crippen LogP contribution in [-0.4, -0.2) is 22.2 Å². The van der Waals surface area contributed by atoms with Crippen molar-refractivity contribution in [2.45, 2.75) is 12.5 Å². The quantitative estimate of drug-likeness (QED) is 0.828. The number of rotatable bonds is 3. The molecule has 2 N–H and O–H groups in total. The summed E-state index contributed by atoms with van der Waals surface area (Å²) in [5.41, 5.74) is 2.67. The van der Waals surface area contributed by atoms with Crippen LogP contribution in [0.1, 0.15) is 11.1 Å². The summed E-state index contributed by atoms with van der Waals surface area (Å²) in [6.45, 7) is 0. The van der Waals surface area contributed by atoms with Crippen molar-refractivity contribution in [1.29, 1.82) is 0 Å². The summed E-state index contributed by atoms with van der Waals surface area (Å²) < 4.78 is 0.977. The average Bonchev–Trinajstić information content (AvgIpc) is 2.53. The summed E-state index contributed by atoms with van der Waals surface area (Å²) in [7, 11) is 0. The maximum Gasteiger partial charge on any atom is 0.272 e. The fraction of sp³-hybridized carbons (Fsp3) is 0.118. The number of hydroxylamine groups is 2. The van der Waals surface area contributed by atoms with Gasteiger partial charge in [-0.1, -0.05) is 58.4 Å². The van der Waals surface area contributed by atoms with E-state index in [1.54, 1.807) is 0 Å². The number of carbonyl (C=O) groups excluding carboxylic acids is 1. The number of amides is 1. The Morgan fingerprint density at radius 3 is 2.45 bits per heavy atom. The Hall–Kier alpha value is -2.11. The average molecular weight is 359 g/mol. The second-order valence-corrected chi connectivity index (χ2v) is 6.03. The monoisotopic (exact) mass is 358 g/mol. The first-order chi connectivity index (χ1) is 10.6. The van der Waals surface area contributed by atoms with Crippen molar-refractivity contribution >= 4 is 27.5 Å². The van der Waals surface area contributed by atoms with E-state index in [1.807, 2.05) is 54.6 Å². The number of hydrogen-bond donors (Lipinski definition) is 2. The maximum absolute atomic E-state index is 12.1. The second kappa shape index (κ2) is 6.34. The maximum atomic E-state index is 12.1. The Labute approximate surface area is 137 Å². The smallest absolute Gasteiger partial charge is 0.272 e.